The quantitative estimate of drug-likeness (QED) is 0.126. The predicted octanol–water partition coefficient (Wildman–Crippen LogP) is -0.186. The van der Waals surface area contributed by atoms with E-state index in [-0.39, 0.29) is 0 Å². The molecule has 0 aliphatic carbocycles. The van der Waals surface area contributed by atoms with Crippen LogP contribution in [-0.2, 0) is 33.3 Å². The van der Waals surface area contributed by atoms with Crippen LogP contribution in [0.4, 0.5) is 0 Å². The zero-order valence-electron chi connectivity index (χ0n) is 20.4. The van der Waals surface area contributed by atoms with Crippen molar-refractivity contribution in [3.63, 3.8) is 0 Å². The van der Waals surface area contributed by atoms with Crippen LogP contribution in [-0.4, -0.2) is 99.1 Å². The van der Waals surface area contributed by atoms with Gasteiger partial charge in [0, 0.05) is 5.57 Å². The van der Waals surface area contributed by atoms with E-state index in [1.165, 1.54) is 13.2 Å². The van der Waals surface area contributed by atoms with E-state index in [9.17, 15) is 34.8 Å². The highest BCUT2D eigenvalue weighted by Crippen LogP contribution is 2.29. The lowest BCUT2D eigenvalue weighted by atomic mass is 9.96. The Labute approximate surface area is 203 Å². The highest BCUT2D eigenvalue weighted by Gasteiger charge is 2.46. The van der Waals surface area contributed by atoms with Crippen LogP contribution in [0.25, 0.3) is 0 Å². The molecule has 0 aromatic carbocycles. The van der Waals surface area contributed by atoms with Gasteiger partial charge >= 0.3 is 17.9 Å². The lowest BCUT2D eigenvalue weighted by Gasteiger charge is -2.43. The van der Waals surface area contributed by atoms with Crippen molar-refractivity contribution in [3.8, 4) is 0 Å². The van der Waals surface area contributed by atoms with Crippen LogP contribution in [0, 0.1) is 0 Å². The minimum absolute atomic E-state index is 0.314. The van der Waals surface area contributed by atoms with Crippen LogP contribution in [0.3, 0.4) is 0 Å². The molecule has 0 amide bonds. The first kappa shape index (κ1) is 30.7. The Balaban J connectivity index is 2.80. The maximum atomic E-state index is 12.0. The summed E-state index contributed by atoms with van der Waals surface area (Å²) in [4.78, 5) is 34.3. The number of methoxy groups -OCH3 is 1. The molecule has 0 radical (unpaired) electrons. The number of carboxylic acid groups (broad SMARTS) is 1. The van der Waals surface area contributed by atoms with E-state index in [1.807, 2.05) is 0 Å². The van der Waals surface area contributed by atoms with Crippen LogP contribution >= 0.6 is 0 Å². The number of rotatable bonds is 13. The van der Waals surface area contributed by atoms with E-state index < -0.39 is 79.3 Å². The van der Waals surface area contributed by atoms with Crippen molar-refractivity contribution in [2.75, 3.05) is 13.7 Å². The van der Waals surface area contributed by atoms with Gasteiger partial charge in [-0.05, 0) is 33.6 Å². The highest BCUT2D eigenvalue weighted by atomic mass is 16.7. The molecular formula is C23H36O12. The van der Waals surface area contributed by atoms with Crippen LogP contribution in [0.2, 0.25) is 0 Å². The molecule has 1 aliphatic heterocycles. The molecule has 12 nitrogen and oxygen atoms in total. The molecular weight excluding hydrogens is 468 g/mol. The maximum Gasteiger partial charge on any atom is 0.333 e. The van der Waals surface area contributed by atoms with Crippen LogP contribution < -0.4 is 0 Å². The van der Waals surface area contributed by atoms with Gasteiger partial charge in [-0.15, -0.1) is 6.58 Å². The molecule has 1 saturated heterocycles. The number of carboxylic acids is 1. The van der Waals surface area contributed by atoms with Gasteiger partial charge in [0.2, 0.25) is 0 Å². The van der Waals surface area contributed by atoms with Crippen molar-refractivity contribution >= 4 is 17.9 Å². The average Bonchev–Trinajstić information content (AvgIpc) is 2.76. The molecule has 5 N–H and O–H groups in total. The molecule has 0 saturated carbocycles. The van der Waals surface area contributed by atoms with Gasteiger partial charge in [-0.2, -0.15) is 0 Å². The van der Waals surface area contributed by atoms with Gasteiger partial charge in [0.05, 0.1) is 31.2 Å². The summed E-state index contributed by atoms with van der Waals surface area (Å²) in [7, 11) is 1.27. The Hall–Kier alpha value is -2.35. The summed E-state index contributed by atoms with van der Waals surface area (Å²) < 4.78 is 21.0. The second-order valence-corrected chi connectivity index (χ2v) is 8.99. The van der Waals surface area contributed by atoms with E-state index in [0.717, 1.165) is 6.92 Å². The third-order valence-corrected chi connectivity index (χ3v) is 5.55. The van der Waals surface area contributed by atoms with Gasteiger partial charge in [0.1, 0.15) is 31.0 Å². The summed E-state index contributed by atoms with van der Waals surface area (Å²) in [5.74, 6) is -2.72. The molecule has 0 aromatic heterocycles. The number of allylic oxidation sites excluding steroid dienone is 1. The zero-order valence-corrected chi connectivity index (χ0v) is 20.4. The Morgan fingerprint density at radius 3 is 2.26 bits per heavy atom. The van der Waals surface area contributed by atoms with Gasteiger partial charge in [0.15, 0.2) is 6.29 Å². The fraction of sp³-hybridized carbons (Fsp3) is 0.696. The molecule has 0 spiro atoms. The SMILES string of the molecule is C=C[C@](C)(CC/C=C(\C)C(=O)OC)O[C@H]1O[C@@H](COC(=O)C[C@@](C)(O)CC(=O)O)[C@H](O)[C@@H](O)[C@@H]1O. The number of carbonyl (C=O) groups is 3. The number of esters is 2. The van der Waals surface area contributed by atoms with Crippen LogP contribution in [0.5, 0.6) is 0 Å². The number of aliphatic hydroxyl groups excluding tert-OH is 3. The summed E-state index contributed by atoms with van der Waals surface area (Å²) in [5, 5.41) is 49.6. The third kappa shape index (κ3) is 9.67. The Bertz CT molecular complexity index is 791. The zero-order chi connectivity index (χ0) is 27.0. The van der Waals surface area contributed by atoms with Crippen molar-refractivity contribution in [2.24, 2.45) is 0 Å². The second-order valence-electron chi connectivity index (χ2n) is 8.99. The smallest absolute Gasteiger partial charge is 0.333 e. The maximum absolute atomic E-state index is 12.0. The number of aliphatic hydroxyl groups is 4. The summed E-state index contributed by atoms with van der Waals surface area (Å²) >= 11 is 0. The van der Waals surface area contributed by atoms with E-state index in [4.69, 9.17) is 19.3 Å². The fourth-order valence-electron chi connectivity index (χ4n) is 3.37. The fourth-order valence-corrected chi connectivity index (χ4v) is 3.37. The van der Waals surface area contributed by atoms with Gasteiger partial charge in [-0.25, -0.2) is 4.79 Å². The number of carbonyl (C=O) groups excluding carboxylic acids is 2. The molecule has 0 aromatic rings. The van der Waals surface area contributed by atoms with Crippen LogP contribution in [0.15, 0.2) is 24.3 Å². The van der Waals surface area contributed by atoms with Crippen molar-refractivity contribution in [1.29, 1.82) is 0 Å². The Morgan fingerprint density at radius 2 is 1.71 bits per heavy atom. The summed E-state index contributed by atoms with van der Waals surface area (Å²) in [5.41, 5.74) is -2.52. The monoisotopic (exact) mass is 504 g/mol. The molecule has 1 rings (SSSR count). The van der Waals surface area contributed by atoms with E-state index in [1.54, 1.807) is 19.9 Å². The normalized spacial score (nSPS) is 28.3. The van der Waals surface area contributed by atoms with Gasteiger partial charge in [0.25, 0.3) is 0 Å². The largest absolute Gasteiger partial charge is 0.481 e. The summed E-state index contributed by atoms with van der Waals surface area (Å²) in [6, 6.07) is 0. The number of ether oxygens (including phenoxy) is 4. The Morgan fingerprint density at radius 1 is 1.09 bits per heavy atom. The molecule has 12 heteroatoms. The molecule has 35 heavy (non-hydrogen) atoms. The summed E-state index contributed by atoms with van der Waals surface area (Å²) in [6.45, 7) is 7.57. The van der Waals surface area contributed by atoms with Gasteiger partial charge < -0.3 is 44.5 Å². The first-order chi connectivity index (χ1) is 16.1. The molecule has 0 bridgehead atoms. The molecule has 200 valence electrons. The average molecular weight is 505 g/mol. The molecule has 1 heterocycles. The predicted molar refractivity (Wildman–Crippen MR) is 120 cm³/mol. The highest BCUT2D eigenvalue weighted by molar-refractivity contribution is 5.87. The third-order valence-electron chi connectivity index (χ3n) is 5.55. The van der Waals surface area contributed by atoms with Crippen molar-refractivity contribution in [3.05, 3.63) is 24.3 Å². The van der Waals surface area contributed by atoms with E-state index >= 15 is 0 Å². The van der Waals surface area contributed by atoms with Gasteiger partial charge in [-0.1, -0.05) is 12.2 Å². The number of aliphatic carboxylic acids is 1. The van der Waals surface area contributed by atoms with Gasteiger partial charge in [-0.3, -0.25) is 9.59 Å². The molecule has 7 atom stereocenters. The lowest BCUT2D eigenvalue weighted by molar-refractivity contribution is -0.320. The molecule has 0 unspecified atom stereocenters. The van der Waals surface area contributed by atoms with E-state index in [0.29, 0.717) is 18.4 Å². The topological polar surface area (TPSA) is 189 Å². The van der Waals surface area contributed by atoms with Crippen molar-refractivity contribution in [2.45, 2.75) is 88.4 Å². The molecule has 1 fully saturated rings. The standard InChI is InChI=1S/C23H36O12/c1-6-23(4,9-7-8-13(2)20(30)32-5)35-21-19(29)18(28)17(27)14(34-21)12-33-16(26)11-22(3,31)10-15(24)25/h6,8,14,17-19,21,27-29,31H,1,7,9-12H2,2-5H3,(H,24,25)/b13-8+/t14-,17-,18+,19-,21+,22-,23+/m0/s1. The van der Waals surface area contributed by atoms with Crippen molar-refractivity contribution < 1.29 is 58.9 Å². The minimum atomic E-state index is -1.84. The summed E-state index contributed by atoms with van der Waals surface area (Å²) in [6.07, 6.45) is -5.18. The minimum Gasteiger partial charge on any atom is -0.481 e. The first-order valence-electron chi connectivity index (χ1n) is 11.0. The van der Waals surface area contributed by atoms with E-state index in [2.05, 4.69) is 11.3 Å². The number of hydrogen-bond donors (Lipinski definition) is 5. The van der Waals surface area contributed by atoms with Crippen molar-refractivity contribution in [1.82, 2.24) is 0 Å². The Kier molecular flexibility index (Phi) is 11.5. The van der Waals surface area contributed by atoms with Crippen LogP contribution in [0.1, 0.15) is 46.5 Å². The first-order valence-corrected chi connectivity index (χ1v) is 11.0. The second kappa shape index (κ2) is 13.1. The molecule has 1 aliphatic rings. The lowest BCUT2D eigenvalue weighted by Crippen LogP contribution is -2.60. The number of hydrogen-bond acceptors (Lipinski definition) is 11.